The summed E-state index contributed by atoms with van der Waals surface area (Å²) in [5.74, 6) is 0.801. The maximum Gasteiger partial charge on any atom is 0.147 e. The van der Waals surface area contributed by atoms with Gasteiger partial charge in [0.1, 0.15) is 12.4 Å². The molecule has 1 rings (SSSR count). The third kappa shape index (κ3) is 4.95. The molecule has 3 nitrogen and oxygen atoms in total. The van der Waals surface area contributed by atoms with Crippen molar-refractivity contribution in [3.05, 3.63) is 26.6 Å². The van der Waals surface area contributed by atoms with E-state index in [1.54, 1.807) is 7.11 Å². The number of nitrogens with two attached hydrogens (primary N) is 1. The van der Waals surface area contributed by atoms with Crippen LogP contribution in [-0.4, -0.2) is 26.4 Å². The van der Waals surface area contributed by atoms with Gasteiger partial charge in [-0.2, -0.15) is 0 Å². The van der Waals surface area contributed by atoms with Crippen molar-refractivity contribution in [1.82, 2.24) is 0 Å². The van der Waals surface area contributed by atoms with Crippen LogP contribution in [-0.2, 0) is 11.2 Å². The molecule has 0 spiro atoms. The van der Waals surface area contributed by atoms with Crippen molar-refractivity contribution >= 4 is 31.9 Å². The van der Waals surface area contributed by atoms with Crippen molar-refractivity contribution in [2.75, 3.05) is 20.3 Å². The van der Waals surface area contributed by atoms with Crippen LogP contribution in [0.2, 0.25) is 0 Å². The Kier molecular flexibility index (Phi) is 6.48. The minimum atomic E-state index is 0.147. The number of hydrogen-bond donors (Lipinski definition) is 1. The highest BCUT2D eigenvalue weighted by molar-refractivity contribution is 9.11. The van der Waals surface area contributed by atoms with Crippen LogP contribution in [0.15, 0.2) is 21.1 Å². The van der Waals surface area contributed by atoms with E-state index in [2.05, 4.69) is 31.9 Å². The standard InChI is InChI=1S/C12H17Br2NO2/c1-8(15)5-9-6-10(13)12(11(14)7-9)17-4-3-16-2/h6-8H,3-5,15H2,1-2H3. The zero-order valence-electron chi connectivity index (χ0n) is 10.0. The summed E-state index contributed by atoms with van der Waals surface area (Å²) in [6.07, 6.45) is 0.843. The van der Waals surface area contributed by atoms with Crippen LogP contribution in [0.1, 0.15) is 12.5 Å². The highest BCUT2D eigenvalue weighted by atomic mass is 79.9. The molecule has 0 amide bonds. The maximum atomic E-state index is 5.78. The van der Waals surface area contributed by atoms with Crippen molar-refractivity contribution in [2.45, 2.75) is 19.4 Å². The minimum Gasteiger partial charge on any atom is -0.489 e. The molecule has 1 unspecified atom stereocenters. The third-order valence-electron chi connectivity index (χ3n) is 2.15. The van der Waals surface area contributed by atoms with Gasteiger partial charge in [0.05, 0.1) is 15.6 Å². The molecule has 0 saturated carbocycles. The number of benzene rings is 1. The van der Waals surface area contributed by atoms with Crippen LogP contribution < -0.4 is 10.5 Å². The van der Waals surface area contributed by atoms with E-state index in [0.29, 0.717) is 13.2 Å². The number of halogens is 2. The van der Waals surface area contributed by atoms with Crippen LogP contribution in [0.5, 0.6) is 5.75 Å². The van der Waals surface area contributed by atoms with Crippen LogP contribution in [0.3, 0.4) is 0 Å². The SMILES string of the molecule is COCCOc1c(Br)cc(CC(C)N)cc1Br. The van der Waals surface area contributed by atoms with Crippen LogP contribution in [0.4, 0.5) is 0 Å². The summed E-state index contributed by atoms with van der Waals surface area (Å²) >= 11 is 7.01. The molecule has 17 heavy (non-hydrogen) atoms. The van der Waals surface area contributed by atoms with E-state index in [1.165, 1.54) is 5.56 Å². The van der Waals surface area contributed by atoms with Crippen molar-refractivity contribution in [1.29, 1.82) is 0 Å². The Labute approximate surface area is 119 Å². The van der Waals surface area contributed by atoms with Gasteiger partial charge in [0.15, 0.2) is 0 Å². The molecule has 0 bridgehead atoms. The lowest BCUT2D eigenvalue weighted by Gasteiger charge is -2.13. The van der Waals surface area contributed by atoms with Crippen molar-refractivity contribution in [2.24, 2.45) is 5.73 Å². The molecule has 0 aliphatic rings. The summed E-state index contributed by atoms with van der Waals surface area (Å²) < 4.78 is 12.4. The molecule has 0 saturated heterocycles. The van der Waals surface area contributed by atoms with E-state index in [1.807, 2.05) is 19.1 Å². The second-order valence-corrected chi connectivity index (χ2v) is 5.62. The van der Waals surface area contributed by atoms with Crippen LogP contribution in [0, 0.1) is 0 Å². The zero-order valence-corrected chi connectivity index (χ0v) is 13.2. The quantitative estimate of drug-likeness (QED) is 0.786. The number of hydrogen-bond acceptors (Lipinski definition) is 3. The van der Waals surface area contributed by atoms with Crippen LogP contribution in [0.25, 0.3) is 0 Å². The zero-order chi connectivity index (χ0) is 12.8. The van der Waals surface area contributed by atoms with E-state index < -0.39 is 0 Å². The molecule has 2 N–H and O–H groups in total. The van der Waals surface area contributed by atoms with E-state index in [0.717, 1.165) is 21.1 Å². The topological polar surface area (TPSA) is 44.5 Å². The Hall–Kier alpha value is -0.100. The smallest absolute Gasteiger partial charge is 0.147 e. The minimum absolute atomic E-state index is 0.147. The van der Waals surface area contributed by atoms with Gasteiger partial charge in [-0.3, -0.25) is 0 Å². The molecule has 0 aliphatic heterocycles. The third-order valence-corrected chi connectivity index (χ3v) is 3.33. The van der Waals surface area contributed by atoms with Crippen molar-refractivity contribution in [3.8, 4) is 5.75 Å². The van der Waals surface area contributed by atoms with Gasteiger partial charge >= 0.3 is 0 Å². The van der Waals surface area contributed by atoms with Gasteiger partial charge in [0, 0.05) is 13.2 Å². The normalized spacial score (nSPS) is 12.5. The highest BCUT2D eigenvalue weighted by Gasteiger charge is 2.09. The second kappa shape index (κ2) is 7.36. The monoisotopic (exact) mass is 365 g/mol. The molecular weight excluding hydrogens is 350 g/mol. The summed E-state index contributed by atoms with van der Waals surface area (Å²) in [7, 11) is 1.65. The molecule has 96 valence electrons. The first-order valence-electron chi connectivity index (χ1n) is 5.39. The lowest BCUT2D eigenvalue weighted by Crippen LogP contribution is -2.17. The van der Waals surface area contributed by atoms with Crippen molar-refractivity contribution in [3.63, 3.8) is 0 Å². The number of ether oxygens (including phenoxy) is 2. The summed E-state index contributed by atoms with van der Waals surface area (Å²) in [5.41, 5.74) is 6.96. The second-order valence-electron chi connectivity index (χ2n) is 3.91. The maximum absolute atomic E-state index is 5.78. The number of methoxy groups -OCH3 is 1. The molecule has 0 fully saturated rings. The first-order chi connectivity index (χ1) is 8.04. The van der Waals surface area contributed by atoms with E-state index in [9.17, 15) is 0 Å². The average molecular weight is 367 g/mol. The van der Waals surface area contributed by atoms with Gasteiger partial charge in [-0.05, 0) is 62.9 Å². The van der Waals surface area contributed by atoms with Gasteiger partial charge in [-0.1, -0.05) is 0 Å². The Morgan fingerprint density at radius 2 is 1.82 bits per heavy atom. The van der Waals surface area contributed by atoms with E-state index in [4.69, 9.17) is 15.2 Å². The molecule has 1 aromatic carbocycles. The first kappa shape index (κ1) is 15.0. The Balaban J connectivity index is 2.79. The Bertz CT molecular complexity index is 347. The predicted molar refractivity (Wildman–Crippen MR) is 76.6 cm³/mol. The van der Waals surface area contributed by atoms with Gasteiger partial charge in [-0.25, -0.2) is 0 Å². The molecule has 0 radical (unpaired) electrons. The Morgan fingerprint density at radius 3 is 2.29 bits per heavy atom. The fraction of sp³-hybridized carbons (Fsp3) is 0.500. The molecule has 0 aliphatic carbocycles. The van der Waals surface area contributed by atoms with Gasteiger partial charge in [-0.15, -0.1) is 0 Å². The molecule has 1 aromatic rings. The lowest BCUT2D eigenvalue weighted by atomic mass is 10.1. The van der Waals surface area contributed by atoms with Gasteiger partial charge < -0.3 is 15.2 Å². The molecule has 0 aromatic heterocycles. The van der Waals surface area contributed by atoms with E-state index in [-0.39, 0.29) is 6.04 Å². The van der Waals surface area contributed by atoms with Gasteiger partial charge in [0.2, 0.25) is 0 Å². The fourth-order valence-corrected chi connectivity index (χ4v) is 2.98. The first-order valence-corrected chi connectivity index (χ1v) is 6.98. The summed E-state index contributed by atoms with van der Waals surface area (Å²) in [5, 5.41) is 0. The van der Waals surface area contributed by atoms with E-state index >= 15 is 0 Å². The lowest BCUT2D eigenvalue weighted by molar-refractivity contribution is 0.145. The molecule has 5 heteroatoms. The molecule has 0 heterocycles. The highest BCUT2D eigenvalue weighted by Crippen LogP contribution is 2.35. The van der Waals surface area contributed by atoms with Gasteiger partial charge in [0.25, 0.3) is 0 Å². The average Bonchev–Trinajstić information content (AvgIpc) is 2.21. The molecular formula is C12H17Br2NO2. The largest absolute Gasteiger partial charge is 0.489 e. The van der Waals surface area contributed by atoms with Crippen molar-refractivity contribution < 1.29 is 9.47 Å². The fourth-order valence-electron chi connectivity index (χ4n) is 1.47. The Morgan fingerprint density at radius 1 is 1.24 bits per heavy atom. The number of rotatable bonds is 6. The summed E-state index contributed by atoms with van der Waals surface area (Å²) in [6.45, 7) is 3.09. The molecule has 1 atom stereocenters. The summed E-state index contributed by atoms with van der Waals surface area (Å²) in [6, 6.07) is 4.22. The predicted octanol–water partition coefficient (Wildman–Crippen LogP) is 3.13. The summed E-state index contributed by atoms with van der Waals surface area (Å²) in [4.78, 5) is 0. The van der Waals surface area contributed by atoms with Crippen LogP contribution >= 0.6 is 31.9 Å².